The van der Waals surface area contributed by atoms with E-state index >= 15 is 0 Å². The molecule has 0 aliphatic heterocycles. The molecule has 0 unspecified atom stereocenters. The normalized spacial score (nSPS) is 8.09. The van der Waals surface area contributed by atoms with Crippen LogP contribution in [-0.4, -0.2) is 16.5 Å². The van der Waals surface area contributed by atoms with Gasteiger partial charge in [-0.1, -0.05) is 0 Å². The lowest BCUT2D eigenvalue weighted by atomic mass is 10.3. The molecule has 66 valence electrons. The summed E-state index contributed by atoms with van der Waals surface area (Å²) in [5.41, 5.74) is 6.37. The Hall–Kier alpha value is -0.0300. The highest BCUT2D eigenvalue weighted by Crippen LogP contribution is 1.91. The number of hydrogen-bond donors (Lipinski definition) is 3. The summed E-state index contributed by atoms with van der Waals surface area (Å²) in [6.45, 7) is 0.656. The monoisotopic (exact) mass is 215 g/mol. The molecule has 0 aromatic carbocycles. The van der Waals surface area contributed by atoms with E-state index in [1.54, 1.807) is 0 Å². The van der Waals surface area contributed by atoms with Crippen molar-refractivity contribution < 1.29 is 0 Å². The summed E-state index contributed by atoms with van der Waals surface area (Å²) >= 11 is 4.80. The lowest BCUT2D eigenvalue weighted by Gasteiger charge is -1.87. The van der Waals surface area contributed by atoms with Gasteiger partial charge in [0, 0.05) is 18.3 Å². The molecule has 1 rings (SSSR count). The van der Waals surface area contributed by atoms with Crippen molar-refractivity contribution >= 4 is 37.0 Å². The van der Waals surface area contributed by atoms with Gasteiger partial charge in [-0.15, -0.1) is 24.8 Å². The van der Waals surface area contributed by atoms with Gasteiger partial charge in [-0.25, -0.2) is 0 Å². The van der Waals surface area contributed by atoms with Gasteiger partial charge in [-0.05, 0) is 18.8 Å². The van der Waals surface area contributed by atoms with Crippen molar-refractivity contribution in [3.63, 3.8) is 0 Å². The molecular formula is C5H11Cl2N3S. The molecule has 0 bridgehead atoms. The fourth-order valence-electron chi connectivity index (χ4n) is 0.661. The minimum Gasteiger partial charge on any atom is -0.337 e. The number of halogens is 2. The van der Waals surface area contributed by atoms with Crippen LogP contribution >= 0.6 is 37.0 Å². The standard InChI is InChI=1S/C5H9N3S.2ClH/c6-2-1-4-3-7-5(9)8-4;;/h3H,1-2,6H2,(H2,7,8,9);2*1H. The highest BCUT2D eigenvalue weighted by Gasteiger charge is 1.88. The second-order valence-electron chi connectivity index (χ2n) is 1.81. The average molecular weight is 216 g/mol. The van der Waals surface area contributed by atoms with Crippen molar-refractivity contribution in [3.05, 3.63) is 16.7 Å². The first kappa shape index (κ1) is 13.6. The molecule has 6 heteroatoms. The number of H-pyrrole nitrogens is 2. The summed E-state index contributed by atoms with van der Waals surface area (Å²) in [6, 6.07) is 0. The van der Waals surface area contributed by atoms with E-state index in [1.807, 2.05) is 6.20 Å². The molecule has 1 aromatic rings. The van der Waals surface area contributed by atoms with Gasteiger partial charge in [0.15, 0.2) is 4.77 Å². The second-order valence-corrected chi connectivity index (χ2v) is 2.21. The third-order valence-corrected chi connectivity index (χ3v) is 1.29. The summed E-state index contributed by atoms with van der Waals surface area (Å²) in [5, 5.41) is 0. The number of nitrogens with two attached hydrogens (primary N) is 1. The lowest BCUT2D eigenvalue weighted by molar-refractivity contribution is 0.933. The highest BCUT2D eigenvalue weighted by molar-refractivity contribution is 7.71. The average Bonchev–Trinajstić information content (AvgIpc) is 2.17. The minimum absolute atomic E-state index is 0. The first-order chi connectivity index (χ1) is 4.33. The quantitative estimate of drug-likeness (QED) is 0.655. The van der Waals surface area contributed by atoms with Gasteiger partial charge >= 0.3 is 0 Å². The molecule has 0 saturated carbocycles. The summed E-state index contributed by atoms with van der Waals surface area (Å²) in [7, 11) is 0. The summed E-state index contributed by atoms with van der Waals surface area (Å²) < 4.78 is 0.665. The molecule has 0 saturated heterocycles. The third kappa shape index (κ3) is 4.42. The van der Waals surface area contributed by atoms with Crippen LogP contribution in [0, 0.1) is 4.77 Å². The molecule has 0 aliphatic carbocycles. The lowest BCUT2D eigenvalue weighted by Crippen LogP contribution is -2.02. The van der Waals surface area contributed by atoms with Gasteiger partial charge in [0.25, 0.3) is 0 Å². The Morgan fingerprint density at radius 1 is 1.45 bits per heavy atom. The predicted molar refractivity (Wildman–Crippen MR) is 53.2 cm³/mol. The molecule has 1 aromatic heterocycles. The van der Waals surface area contributed by atoms with Crippen molar-refractivity contribution in [3.8, 4) is 0 Å². The Bertz CT molecular complexity index is 232. The first-order valence-electron chi connectivity index (χ1n) is 2.79. The topological polar surface area (TPSA) is 57.6 Å². The van der Waals surface area contributed by atoms with Crippen molar-refractivity contribution in [2.45, 2.75) is 6.42 Å². The van der Waals surface area contributed by atoms with Gasteiger partial charge in [0.1, 0.15) is 0 Å². The van der Waals surface area contributed by atoms with Crippen LogP contribution in [0.15, 0.2) is 6.20 Å². The maximum absolute atomic E-state index is 5.30. The smallest absolute Gasteiger partial charge is 0.174 e. The first-order valence-corrected chi connectivity index (χ1v) is 3.20. The van der Waals surface area contributed by atoms with Crippen LogP contribution in [0.5, 0.6) is 0 Å². The molecule has 1 heterocycles. The van der Waals surface area contributed by atoms with Crippen LogP contribution in [0.25, 0.3) is 0 Å². The van der Waals surface area contributed by atoms with Crippen LogP contribution in [0.1, 0.15) is 5.69 Å². The zero-order valence-electron chi connectivity index (χ0n) is 5.79. The van der Waals surface area contributed by atoms with Crippen molar-refractivity contribution in [2.75, 3.05) is 6.54 Å². The number of nitrogens with one attached hydrogen (secondary N) is 2. The van der Waals surface area contributed by atoms with Crippen LogP contribution in [0.2, 0.25) is 0 Å². The molecule has 0 spiro atoms. The number of rotatable bonds is 2. The molecular weight excluding hydrogens is 205 g/mol. The van der Waals surface area contributed by atoms with Crippen LogP contribution in [0.3, 0.4) is 0 Å². The van der Waals surface area contributed by atoms with Gasteiger partial charge in [0.05, 0.1) is 0 Å². The number of hydrogen-bond acceptors (Lipinski definition) is 2. The van der Waals surface area contributed by atoms with Crippen molar-refractivity contribution in [2.24, 2.45) is 5.73 Å². The fourth-order valence-corrected chi connectivity index (χ4v) is 0.851. The van der Waals surface area contributed by atoms with Crippen molar-refractivity contribution in [1.29, 1.82) is 0 Å². The van der Waals surface area contributed by atoms with Gasteiger partial charge in [0.2, 0.25) is 0 Å². The maximum atomic E-state index is 5.30. The Kier molecular flexibility index (Phi) is 8.21. The Balaban J connectivity index is 0. The molecule has 0 radical (unpaired) electrons. The Labute approximate surface area is 82.6 Å². The number of aromatic nitrogens is 2. The van der Waals surface area contributed by atoms with Crippen LogP contribution in [0.4, 0.5) is 0 Å². The summed E-state index contributed by atoms with van der Waals surface area (Å²) in [5.74, 6) is 0. The Morgan fingerprint density at radius 3 is 2.45 bits per heavy atom. The van der Waals surface area contributed by atoms with E-state index in [9.17, 15) is 0 Å². The molecule has 0 amide bonds. The van der Waals surface area contributed by atoms with Gasteiger partial charge in [-0.2, -0.15) is 0 Å². The molecule has 0 fully saturated rings. The van der Waals surface area contributed by atoms with Crippen LogP contribution in [-0.2, 0) is 6.42 Å². The van der Waals surface area contributed by atoms with Gasteiger partial charge < -0.3 is 15.7 Å². The molecule has 11 heavy (non-hydrogen) atoms. The summed E-state index contributed by atoms with van der Waals surface area (Å²) in [4.78, 5) is 5.81. The van der Waals surface area contributed by atoms with E-state index in [-0.39, 0.29) is 24.8 Å². The highest BCUT2D eigenvalue weighted by atomic mass is 35.5. The predicted octanol–water partition coefficient (Wildman–Crippen LogP) is 1.42. The largest absolute Gasteiger partial charge is 0.337 e. The molecule has 4 N–H and O–H groups in total. The Morgan fingerprint density at radius 2 is 2.09 bits per heavy atom. The zero-order valence-corrected chi connectivity index (χ0v) is 8.24. The maximum Gasteiger partial charge on any atom is 0.174 e. The van der Waals surface area contributed by atoms with E-state index in [0.717, 1.165) is 12.1 Å². The molecule has 3 nitrogen and oxygen atoms in total. The van der Waals surface area contributed by atoms with E-state index in [2.05, 4.69) is 9.97 Å². The van der Waals surface area contributed by atoms with Crippen molar-refractivity contribution in [1.82, 2.24) is 9.97 Å². The van der Waals surface area contributed by atoms with Gasteiger partial charge in [-0.3, -0.25) is 0 Å². The molecule has 0 atom stereocenters. The second kappa shape index (κ2) is 6.67. The fraction of sp³-hybridized carbons (Fsp3) is 0.400. The van der Waals surface area contributed by atoms with Crippen LogP contribution < -0.4 is 5.73 Å². The van der Waals surface area contributed by atoms with E-state index < -0.39 is 0 Å². The minimum atomic E-state index is 0. The third-order valence-electron chi connectivity index (χ3n) is 1.07. The number of aromatic amines is 2. The van der Waals surface area contributed by atoms with E-state index in [0.29, 0.717) is 11.3 Å². The number of imidazole rings is 1. The molecule has 0 aliphatic rings. The van der Waals surface area contributed by atoms with E-state index in [1.165, 1.54) is 0 Å². The zero-order chi connectivity index (χ0) is 6.69. The SMILES string of the molecule is Cl.Cl.NCCc1c[nH]c(=S)[nH]1. The summed E-state index contributed by atoms with van der Waals surface area (Å²) in [6.07, 6.45) is 2.70. The van der Waals surface area contributed by atoms with E-state index in [4.69, 9.17) is 18.0 Å².